The van der Waals surface area contributed by atoms with E-state index in [4.69, 9.17) is 9.84 Å². The van der Waals surface area contributed by atoms with Crippen molar-refractivity contribution in [3.05, 3.63) is 35.9 Å². The molecule has 0 unspecified atom stereocenters. The van der Waals surface area contributed by atoms with E-state index >= 15 is 0 Å². The highest BCUT2D eigenvalue weighted by Gasteiger charge is 2.25. The molecule has 116 valence electrons. The van der Waals surface area contributed by atoms with Crippen molar-refractivity contribution in [2.75, 3.05) is 0 Å². The van der Waals surface area contributed by atoms with Gasteiger partial charge >= 0.3 is 12.1 Å². The van der Waals surface area contributed by atoms with Gasteiger partial charge in [-0.2, -0.15) is 0 Å². The maximum atomic E-state index is 11.8. The molecule has 0 radical (unpaired) electrons. The number of aliphatic carboxylic acids is 1. The number of nitrogens with zero attached hydrogens (tertiary/aromatic N) is 1. The van der Waals surface area contributed by atoms with Crippen LogP contribution in [0.1, 0.15) is 33.3 Å². The van der Waals surface area contributed by atoms with Crippen LogP contribution in [-0.2, 0) is 16.1 Å². The molecule has 1 atom stereocenters. The van der Waals surface area contributed by atoms with Gasteiger partial charge in [0.05, 0.1) is 0 Å². The van der Waals surface area contributed by atoms with Crippen molar-refractivity contribution in [1.29, 1.82) is 0 Å². The zero-order valence-electron chi connectivity index (χ0n) is 12.8. The van der Waals surface area contributed by atoms with E-state index in [1.54, 1.807) is 20.8 Å². The quantitative estimate of drug-likeness (QED) is 0.815. The van der Waals surface area contributed by atoms with Crippen LogP contribution in [0.4, 0.5) is 4.79 Å². The first-order valence-corrected chi connectivity index (χ1v) is 6.72. The number of carbonyl (C=O) groups is 2. The van der Waals surface area contributed by atoms with Gasteiger partial charge in [0, 0.05) is 6.54 Å². The molecule has 6 heteroatoms. The summed E-state index contributed by atoms with van der Waals surface area (Å²) in [6.07, 6.45) is -0.675. The van der Waals surface area contributed by atoms with Crippen LogP contribution in [-0.4, -0.2) is 33.8 Å². The fraction of sp³-hybridized carbons (Fsp3) is 0.467. The molecule has 1 aromatic carbocycles. The van der Waals surface area contributed by atoms with E-state index in [9.17, 15) is 9.59 Å². The number of hydrogen-bond donors (Lipinski definition) is 2. The Morgan fingerprint density at radius 1 is 1.29 bits per heavy atom. The lowest BCUT2D eigenvalue weighted by molar-refractivity contribution is -0.144. The van der Waals surface area contributed by atoms with Gasteiger partial charge in [-0.3, -0.25) is 10.2 Å². The molecule has 0 aliphatic heterocycles. The highest BCUT2D eigenvalue weighted by atomic mass is 16.6. The minimum atomic E-state index is -1.03. The Labute approximate surface area is 124 Å². The van der Waals surface area contributed by atoms with Crippen molar-refractivity contribution in [2.45, 2.75) is 45.9 Å². The maximum absolute atomic E-state index is 11.8. The predicted molar refractivity (Wildman–Crippen MR) is 78.5 cm³/mol. The summed E-state index contributed by atoms with van der Waals surface area (Å²) in [7, 11) is 0. The summed E-state index contributed by atoms with van der Waals surface area (Å²) in [6.45, 7) is 7.01. The topological polar surface area (TPSA) is 78.9 Å². The molecular weight excluding hydrogens is 272 g/mol. The van der Waals surface area contributed by atoms with Crippen LogP contribution >= 0.6 is 0 Å². The first-order valence-electron chi connectivity index (χ1n) is 6.72. The van der Waals surface area contributed by atoms with Gasteiger partial charge in [0.1, 0.15) is 11.6 Å². The Morgan fingerprint density at radius 3 is 2.33 bits per heavy atom. The minimum Gasteiger partial charge on any atom is -0.480 e. The number of carboxylic acids is 1. The van der Waals surface area contributed by atoms with Crippen LogP contribution in [0.3, 0.4) is 0 Å². The molecule has 0 aliphatic rings. The summed E-state index contributed by atoms with van der Waals surface area (Å²) < 4.78 is 5.15. The molecule has 0 saturated heterocycles. The number of ether oxygens (including phenoxy) is 1. The lowest BCUT2D eigenvalue weighted by atomic mass is 10.2. The van der Waals surface area contributed by atoms with Gasteiger partial charge < -0.3 is 9.84 Å². The van der Waals surface area contributed by atoms with Gasteiger partial charge in [0.15, 0.2) is 0 Å². The van der Waals surface area contributed by atoms with Crippen LogP contribution < -0.4 is 5.43 Å². The smallest absolute Gasteiger partial charge is 0.422 e. The van der Waals surface area contributed by atoms with Crippen LogP contribution in [0.25, 0.3) is 0 Å². The number of benzene rings is 1. The number of carboxylic acid groups (broad SMARTS) is 1. The average Bonchev–Trinajstić information content (AvgIpc) is 2.36. The van der Waals surface area contributed by atoms with Crippen molar-refractivity contribution in [3.8, 4) is 0 Å². The molecule has 0 heterocycles. The van der Waals surface area contributed by atoms with E-state index in [0.717, 1.165) is 5.56 Å². The fourth-order valence-electron chi connectivity index (χ4n) is 1.60. The first-order chi connectivity index (χ1) is 9.69. The van der Waals surface area contributed by atoms with Gasteiger partial charge in [0.25, 0.3) is 0 Å². The zero-order chi connectivity index (χ0) is 16.0. The van der Waals surface area contributed by atoms with E-state index in [2.05, 4.69) is 5.43 Å². The third-order valence-electron chi connectivity index (χ3n) is 2.65. The number of nitrogens with one attached hydrogen (secondary N) is 1. The fourth-order valence-corrected chi connectivity index (χ4v) is 1.60. The molecule has 0 fully saturated rings. The SMILES string of the molecule is C[C@@H](C(=O)O)N(Cc1ccccc1)NC(=O)OC(C)(C)C. The molecule has 2 N–H and O–H groups in total. The summed E-state index contributed by atoms with van der Waals surface area (Å²) >= 11 is 0. The van der Waals surface area contributed by atoms with Gasteiger partial charge in [-0.05, 0) is 33.3 Å². The third kappa shape index (κ3) is 6.27. The number of hydrogen-bond acceptors (Lipinski definition) is 4. The van der Waals surface area contributed by atoms with E-state index in [-0.39, 0.29) is 6.54 Å². The van der Waals surface area contributed by atoms with E-state index in [0.29, 0.717) is 0 Å². The van der Waals surface area contributed by atoms with Crippen molar-refractivity contribution >= 4 is 12.1 Å². The Hall–Kier alpha value is -2.08. The Bertz CT molecular complexity index is 482. The van der Waals surface area contributed by atoms with Crippen LogP contribution in [0.15, 0.2) is 30.3 Å². The predicted octanol–water partition coefficient (Wildman–Crippen LogP) is 2.40. The normalized spacial score (nSPS) is 12.8. The molecule has 0 bridgehead atoms. The second-order valence-corrected chi connectivity index (χ2v) is 5.74. The summed E-state index contributed by atoms with van der Waals surface area (Å²) in [6, 6.07) is 8.42. The van der Waals surface area contributed by atoms with Crippen molar-refractivity contribution in [1.82, 2.24) is 10.4 Å². The molecule has 0 saturated carbocycles. The van der Waals surface area contributed by atoms with E-state index < -0.39 is 23.7 Å². The third-order valence-corrected chi connectivity index (χ3v) is 2.65. The molecule has 21 heavy (non-hydrogen) atoms. The van der Waals surface area contributed by atoms with Crippen LogP contribution in [0.2, 0.25) is 0 Å². The van der Waals surface area contributed by atoms with Crippen molar-refractivity contribution < 1.29 is 19.4 Å². The number of amides is 1. The number of rotatable bonds is 5. The first kappa shape index (κ1) is 17.0. The molecule has 1 rings (SSSR count). The van der Waals surface area contributed by atoms with Crippen LogP contribution in [0, 0.1) is 0 Å². The average molecular weight is 294 g/mol. The highest BCUT2D eigenvalue weighted by molar-refractivity contribution is 5.74. The largest absolute Gasteiger partial charge is 0.480 e. The number of carbonyl (C=O) groups excluding carboxylic acids is 1. The zero-order valence-corrected chi connectivity index (χ0v) is 12.8. The summed E-state index contributed by atoms with van der Waals surface area (Å²) in [4.78, 5) is 23.0. The van der Waals surface area contributed by atoms with Crippen LogP contribution in [0.5, 0.6) is 0 Å². The Balaban J connectivity index is 2.78. The van der Waals surface area contributed by atoms with Crippen molar-refractivity contribution in [3.63, 3.8) is 0 Å². The van der Waals surface area contributed by atoms with E-state index in [1.165, 1.54) is 11.9 Å². The molecule has 1 amide bonds. The molecule has 0 aliphatic carbocycles. The lowest BCUT2D eigenvalue weighted by Crippen LogP contribution is -2.51. The second kappa shape index (κ2) is 7.08. The Morgan fingerprint density at radius 2 is 1.86 bits per heavy atom. The second-order valence-electron chi connectivity index (χ2n) is 5.74. The number of hydrazine groups is 1. The van der Waals surface area contributed by atoms with Gasteiger partial charge in [-0.25, -0.2) is 9.80 Å². The standard InChI is InChI=1S/C15H22N2O4/c1-11(13(18)19)17(10-12-8-6-5-7-9-12)16-14(20)21-15(2,3)4/h5-9,11H,10H2,1-4H3,(H,16,20)(H,18,19)/t11-/m0/s1. The highest BCUT2D eigenvalue weighted by Crippen LogP contribution is 2.10. The molecular formula is C15H22N2O4. The monoisotopic (exact) mass is 294 g/mol. The maximum Gasteiger partial charge on any atom is 0.422 e. The van der Waals surface area contributed by atoms with E-state index in [1.807, 2.05) is 30.3 Å². The lowest BCUT2D eigenvalue weighted by Gasteiger charge is -2.28. The Kier molecular flexibility index (Phi) is 5.72. The summed E-state index contributed by atoms with van der Waals surface area (Å²) in [5.74, 6) is -1.03. The summed E-state index contributed by atoms with van der Waals surface area (Å²) in [5.41, 5.74) is 2.74. The van der Waals surface area contributed by atoms with Gasteiger partial charge in [-0.1, -0.05) is 30.3 Å². The van der Waals surface area contributed by atoms with Gasteiger partial charge in [0.2, 0.25) is 0 Å². The van der Waals surface area contributed by atoms with Crippen molar-refractivity contribution in [2.24, 2.45) is 0 Å². The molecule has 1 aromatic rings. The molecule has 0 spiro atoms. The molecule has 0 aromatic heterocycles. The molecule has 6 nitrogen and oxygen atoms in total. The minimum absolute atomic E-state index is 0.271. The van der Waals surface area contributed by atoms with Gasteiger partial charge in [-0.15, -0.1) is 0 Å². The summed E-state index contributed by atoms with van der Waals surface area (Å²) in [5, 5.41) is 10.5.